The van der Waals surface area contributed by atoms with Gasteiger partial charge in [0, 0.05) is 0 Å². The standard InChI is InChI=1S/C4H3NO2S/c6-1-3-4(7)2-8-5-3/h1-2,7H. The summed E-state index contributed by atoms with van der Waals surface area (Å²) >= 11 is 1.06. The lowest BCUT2D eigenvalue weighted by molar-refractivity contribution is 0.111. The van der Waals surface area contributed by atoms with Gasteiger partial charge >= 0.3 is 0 Å². The summed E-state index contributed by atoms with van der Waals surface area (Å²) in [7, 11) is 0. The topological polar surface area (TPSA) is 50.2 Å². The molecule has 1 aromatic rings. The van der Waals surface area contributed by atoms with Crippen molar-refractivity contribution in [3.05, 3.63) is 11.1 Å². The zero-order valence-corrected chi connectivity index (χ0v) is 4.68. The lowest BCUT2D eigenvalue weighted by atomic mass is 10.4. The van der Waals surface area contributed by atoms with E-state index < -0.39 is 0 Å². The molecule has 1 N–H and O–H groups in total. The number of aromatic nitrogens is 1. The van der Waals surface area contributed by atoms with E-state index in [1.165, 1.54) is 5.38 Å². The summed E-state index contributed by atoms with van der Waals surface area (Å²) in [6, 6.07) is 0. The van der Waals surface area contributed by atoms with Crippen molar-refractivity contribution in [2.75, 3.05) is 0 Å². The first-order valence-electron chi connectivity index (χ1n) is 1.93. The Morgan fingerprint density at radius 2 is 2.62 bits per heavy atom. The number of aldehydes is 1. The Kier molecular flexibility index (Phi) is 1.26. The van der Waals surface area contributed by atoms with Crippen molar-refractivity contribution >= 4 is 17.8 Å². The molecule has 0 bridgehead atoms. The van der Waals surface area contributed by atoms with Crippen molar-refractivity contribution < 1.29 is 9.90 Å². The van der Waals surface area contributed by atoms with E-state index in [9.17, 15) is 4.79 Å². The van der Waals surface area contributed by atoms with Crippen LogP contribution in [0.1, 0.15) is 10.5 Å². The molecular weight excluding hydrogens is 126 g/mol. The third-order valence-corrected chi connectivity index (χ3v) is 1.32. The summed E-state index contributed by atoms with van der Waals surface area (Å²) in [4.78, 5) is 9.87. The van der Waals surface area contributed by atoms with Crippen molar-refractivity contribution in [1.29, 1.82) is 0 Å². The van der Waals surface area contributed by atoms with Gasteiger partial charge < -0.3 is 5.11 Å². The second-order valence-corrected chi connectivity index (χ2v) is 1.83. The number of carbonyl (C=O) groups excluding carboxylic acids is 1. The molecule has 0 atom stereocenters. The highest BCUT2D eigenvalue weighted by atomic mass is 32.1. The second kappa shape index (κ2) is 1.92. The minimum Gasteiger partial charge on any atom is -0.505 e. The highest BCUT2D eigenvalue weighted by Gasteiger charge is 1.98. The number of rotatable bonds is 1. The SMILES string of the molecule is O=Cc1nscc1O. The minimum atomic E-state index is -0.0370. The largest absolute Gasteiger partial charge is 0.505 e. The summed E-state index contributed by atoms with van der Waals surface area (Å²) in [6.07, 6.45) is 0.520. The van der Waals surface area contributed by atoms with Gasteiger partial charge in [0.25, 0.3) is 0 Å². The first-order chi connectivity index (χ1) is 3.84. The van der Waals surface area contributed by atoms with Gasteiger partial charge in [-0.2, -0.15) is 4.37 Å². The van der Waals surface area contributed by atoms with E-state index in [4.69, 9.17) is 5.11 Å². The van der Waals surface area contributed by atoms with E-state index in [0.29, 0.717) is 6.29 Å². The molecule has 0 aliphatic heterocycles. The van der Waals surface area contributed by atoms with Gasteiger partial charge in [0.05, 0.1) is 5.38 Å². The minimum absolute atomic E-state index is 0.0370. The smallest absolute Gasteiger partial charge is 0.173 e. The third kappa shape index (κ3) is 0.696. The zero-order chi connectivity index (χ0) is 5.98. The molecule has 0 unspecified atom stereocenters. The molecule has 1 heterocycles. The van der Waals surface area contributed by atoms with Crippen LogP contribution in [0.15, 0.2) is 5.38 Å². The monoisotopic (exact) mass is 129 g/mol. The second-order valence-electron chi connectivity index (χ2n) is 1.20. The predicted octanol–water partition coefficient (Wildman–Crippen LogP) is 0.661. The Hall–Kier alpha value is -0.900. The van der Waals surface area contributed by atoms with Gasteiger partial charge in [0.1, 0.15) is 0 Å². The summed E-state index contributed by atoms with van der Waals surface area (Å²) in [5.74, 6) is -0.0370. The number of nitrogens with zero attached hydrogens (tertiary/aromatic N) is 1. The number of hydrogen-bond donors (Lipinski definition) is 1. The average molecular weight is 129 g/mol. The molecule has 0 aliphatic carbocycles. The zero-order valence-electron chi connectivity index (χ0n) is 3.87. The Bertz CT molecular complexity index is 196. The quantitative estimate of drug-likeness (QED) is 0.567. The van der Waals surface area contributed by atoms with E-state index in [1.54, 1.807) is 0 Å². The van der Waals surface area contributed by atoms with Crippen LogP contribution in [0.4, 0.5) is 0 Å². The fourth-order valence-electron chi connectivity index (χ4n) is 0.322. The Balaban J connectivity index is 3.09. The molecular formula is C4H3NO2S. The molecule has 0 amide bonds. The molecule has 4 heteroatoms. The molecule has 0 radical (unpaired) electrons. The summed E-state index contributed by atoms with van der Waals surface area (Å²) in [5.41, 5.74) is 0.120. The van der Waals surface area contributed by atoms with Gasteiger partial charge in [-0.15, -0.1) is 0 Å². The van der Waals surface area contributed by atoms with Crippen LogP contribution in [0.25, 0.3) is 0 Å². The number of carbonyl (C=O) groups is 1. The molecule has 0 saturated heterocycles. The maximum atomic E-state index is 9.87. The predicted molar refractivity (Wildman–Crippen MR) is 29.2 cm³/mol. The third-order valence-electron chi connectivity index (χ3n) is 0.689. The fraction of sp³-hybridized carbons (Fsp3) is 0. The summed E-state index contributed by atoms with van der Waals surface area (Å²) < 4.78 is 3.56. The van der Waals surface area contributed by atoms with E-state index >= 15 is 0 Å². The van der Waals surface area contributed by atoms with Crippen LogP contribution in [0.3, 0.4) is 0 Å². The molecule has 3 nitrogen and oxygen atoms in total. The van der Waals surface area contributed by atoms with Gasteiger partial charge in [0.15, 0.2) is 17.7 Å². The van der Waals surface area contributed by atoms with Crippen LogP contribution in [0.5, 0.6) is 5.75 Å². The first kappa shape index (κ1) is 5.24. The van der Waals surface area contributed by atoms with Crippen LogP contribution < -0.4 is 0 Å². The molecule has 42 valence electrons. The maximum absolute atomic E-state index is 9.87. The van der Waals surface area contributed by atoms with Crippen LogP contribution in [0.2, 0.25) is 0 Å². The lowest BCUT2D eigenvalue weighted by Crippen LogP contribution is -1.74. The molecule has 0 aromatic carbocycles. The highest BCUT2D eigenvalue weighted by Crippen LogP contribution is 2.14. The normalized spacial score (nSPS) is 9.00. The van der Waals surface area contributed by atoms with Gasteiger partial charge in [0.2, 0.25) is 0 Å². The van der Waals surface area contributed by atoms with Gasteiger partial charge in [-0.25, -0.2) is 0 Å². The lowest BCUT2D eigenvalue weighted by Gasteiger charge is -1.76. The summed E-state index contributed by atoms with van der Waals surface area (Å²) in [5, 5.41) is 10.1. The van der Waals surface area contributed by atoms with Crippen molar-refractivity contribution in [1.82, 2.24) is 4.37 Å². The van der Waals surface area contributed by atoms with Crippen molar-refractivity contribution in [3.63, 3.8) is 0 Å². The first-order valence-corrected chi connectivity index (χ1v) is 2.77. The number of aromatic hydroxyl groups is 1. The van der Waals surface area contributed by atoms with Gasteiger partial charge in [-0.1, -0.05) is 0 Å². The molecule has 0 aliphatic rings. The molecule has 1 rings (SSSR count). The molecule has 0 saturated carbocycles. The van der Waals surface area contributed by atoms with Gasteiger partial charge in [-0.3, -0.25) is 4.79 Å². The molecule has 0 fully saturated rings. The summed E-state index contributed by atoms with van der Waals surface area (Å²) in [6.45, 7) is 0. The average Bonchev–Trinajstić information content (AvgIpc) is 2.14. The Labute approximate surface area is 49.8 Å². The Morgan fingerprint density at radius 3 is 2.88 bits per heavy atom. The van der Waals surface area contributed by atoms with Crippen LogP contribution >= 0.6 is 11.5 Å². The van der Waals surface area contributed by atoms with E-state index in [0.717, 1.165) is 11.5 Å². The van der Waals surface area contributed by atoms with E-state index in [1.807, 2.05) is 0 Å². The van der Waals surface area contributed by atoms with Crippen LogP contribution in [-0.2, 0) is 0 Å². The molecule has 1 aromatic heterocycles. The van der Waals surface area contributed by atoms with Crippen molar-refractivity contribution in [3.8, 4) is 5.75 Å². The molecule has 0 spiro atoms. The fourth-order valence-corrected chi connectivity index (χ4v) is 0.846. The van der Waals surface area contributed by atoms with E-state index in [-0.39, 0.29) is 11.4 Å². The van der Waals surface area contributed by atoms with Gasteiger partial charge in [-0.05, 0) is 11.5 Å². The molecule has 8 heavy (non-hydrogen) atoms. The Morgan fingerprint density at radius 1 is 1.88 bits per heavy atom. The van der Waals surface area contributed by atoms with E-state index in [2.05, 4.69) is 4.37 Å². The van der Waals surface area contributed by atoms with Crippen molar-refractivity contribution in [2.45, 2.75) is 0 Å². The number of hydrogen-bond acceptors (Lipinski definition) is 4. The highest BCUT2D eigenvalue weighted by molar-refractivity contribution is 7.04. The van der Waals surface area contributed by atoms with Crippen molar-refractivity contribution in [2.24, 2.45) is 0 Å². The maximum Gasteiger partial charge on any atom is 0.173 e. The van der Waals surface area contributed by atoms with Crippen LogP contribution in [-0.4, -0.2) is 15.8 Å². The van der Waals surface area contributed by atoms with Crippen LogP contribution in [0, 0.1) is 0 Å².